The van der Waals surface area contributed by atoms with Crippen molar-refractivity contribution in [1.29, 1.82) is 0 Å². The zero-order chi connectivity index (χ0) is 16.4. The maximum Gasteiger partial charge on any atom is 0.335 e. The van der Waals surface area contributed by atoms with Crippen LogP contribution in [0.3, 0.4) is 0 Å². The molecule has 10 heteroatoms. The highest BCUT2D eigenvalue weighted by atomic mass is 32.2. The molecule has 1 unspecified atom stereocenters. The Labute approximate surface area is 121 Å². The van der Waals surface area contributed by atoms with Gasteiger partial charge < -0.3 is 5.11 Å². The van der Waals surface area contributed by atoms with E-state index in [-0.39, 0.29) is 0 Å². The minimum Gasteiger partial charge on any atom is -0.478 e. The van der Waals surface area contributed by atoms with E-state index in [4.69, 9.17) is 5.11 Å². The van der Waals surface area contributed by atoms with Crippen LogP contribution in [0.15, 0.2) is 23.1 Å². The first-order valence-corrected chi connectivity index (χ1v) is 9.19. The summed E-state index contributed by atoms with van der Waals surface area (Å²) in [7, 11) is -7.80. The van der Waals surface area contributed by atoms with Gasteiger partial charge in [0.25, 0.3) is 0 Å². The molecule has 0 saturated carbocycles. The van der Waals surface area contributed by atoms with E-state index in [1.807, 2.05) is 4.72 Å². The Kier molecular flexibility index (Phi) is 5.07. The van der Waals surface area contributed by atoms with E-state index in [1.165, 1.54) is 6.92 Å². The lowest BCUT2D eigenvalue weighted by atomic mass is 10.2. The summed E-state index contributed by atoms with van der Waals surface area (Å²) in [6.07, 6.45) is 0.934. The van der Waals surface area contributed by atoms with E-state index < -0.39 is 53.9 Å². The lowest BCUT2D eigenvalue weighted by molar-refractivity contribution is 0.0696. The lowest BCUT2D eigenvalue weighted by Crippen LogP contribution is -2.37. The first-order valence-electron chi connectivity index (χ1n) is 5.65. The van der Waals surface area contributed by atoms with Crippen LogP contribution in [0.25, 0.3) is 0 Å². The van der Waals surface area contributed by atoms with Gasteiger partial charge in [-0.3, -0.25) is 0 Å². The molecule has 0 amide bonds. The van der Waals surface area contributed by atoms with Crippen LogP contribution in [0.2, 0.25) is 0 Å². The molecule has 1 aromatic carbocycles. The number of rotatable bonds is 6. The van der Waals surface area contributed by atoms with Gasteiger partial charge in [-0.05, 0) is 25.1 Å². The van der Waals surface area contributed by atoms with Crippen molar-refractivity contribution in [1.82, 2.24) is 4.72 Å². The van der Waals surface area contributed by atoms with Crippen molar-refractivity contribution >= 4 is 25.8 Å². The van der Waals surface area contributed by atoms with Gasteiger partial charge >= 0.3 is 5.97 Å². The van der Waals surface area contributed by atoms with Crippen LogP contribution in [0, 0.1) is 5.82 Å². The van der Waals surface area contributed by atoms with Crippen LogP contribution in [0.1, 0.15) is 17.3 Å². The van der Waals surface area contributed by atoms with Gasteiger partial charge in [0.05, 0.1) is 11.3 Å². The molecule has 0 spiro atoms. The predicted molar refractivity (Wildman–Crippen MR) is 72.9 cm³/mol. The Morgan fingerprint density at radius 3 is 2.38 bits per heavy atom. The van der Waals surface area contributed by atoms with Crippen molar-refractivity contribution in [2.45, 2.75) is 17.9 Å². The van der Waals surface area contributed by atoms with Crippen molar-refractivity contribution in [3.05, 3.63) is 29.6 Å². The van der Waals surface area contributed by atoms with Gasteiger partial charge in [0.2, 0.25) is 10.0 Å². The highest BCUT2D eigenvalue weighted by Gasteiger charge is 2.24. The highest BCUT2D eigenvalue weighted by molar-refractivity contribution is 7.91. The summed E-state index contributed by atoms with van der Waals surface area (Å²) < 4.78 is 61.7. The Balaban J connectivity index is 3.14. The number of sulfone groups is 1. The molecule has 1 aromatic rings. The topological polar surface area (TPSA) is 118 Å². The van der Waals surface area contributed by atoms with E-state index in [0.29, 0.717) is 6.07 Å². The molecule has 7 nitrogen and oxygen atoms in total. The van der Waals surface area contributed by atoms with Crippen LogP contribution in [-0.4, -0.2) is 46.0 Å². The molecule has 2 N–H and O–H groups in total. The van der Waals surface area contributed by atoms with Gasteiger partial charge in [0.15, 0.2) is 0 Å². The van der Waals surface area contributed by atoms with E-state index in [0.717, 1.165) is 18.4 Å². The molecule has 0 aliphatic carbocycles. The Bertz CT molecular complexity index is 757. The third kappa shape index (κ3) is 5.06. The van der Waals surface area contributed by atoms with Crippen LogP contribution >= 0.6 is 0 Å². The molecule has 1 rings (SSSR count). The Morgan fingerprint density at radius 2 is 1.90 bits per heavy atom. The summed E-state index contributed by atoms with van der Waals surface area (Å²) in [6.45, 7) is 1.30. The molecule has 0 aliphatic rings. The van der Waals surface area contributed by atoms with E-state index in [1.54, 1.807) is 0 Å². The van der Waals surface area contributed by atoms with Gasteiger partial charge in [-0.25, -0.2) is 30.7 Å². The van der Waals surface area contributed by atoms with Crippen molar-refractivity contribution in [3.8, 4) is 0 Å². The van der Waals surface area contributed by atoms with Crippen molar-refractivity contribution < 1.29 is 31.1 Å². The Hall–Kier alpha value is -1.52. The van der Waals surface area contributed by atoms with Gasteiger partial charge in [-0.1, -0.05) is 0 Å². The second-order valence-electron chi connectivity index (χ2n) is 4.57. The number of nitrogens with one attached hydrogen (secondary N) is 1. The predicted octanol–water partition coefficient (Wildman–Crippen LogP) is 0.235. The van der Waals surface area contributed by atoms with Gasteiger partial charge in [0, 0.05) is 12.3 Å². The number of carboxylic acid groups (broad SMARTS) is 1. The summed E-state index contributed by atoms with van der Waals surface area (Å²) in [5.74, 6) is -3.00. The maximum atomic E-state index is 13.6. The SMILES string of the molecule is CC(CS(C)(=O)=O)NS(=O)(=O)c1cc(C(=O)O)ccc1F. The van der Waals surface area contributed by atoms with Crippen LogP contribution in [-0.2, 0) is 19.9 Å². The summed E-state index contributed by atoms with van der Waals surface area (Å²) >= 11 is 0. The third-order valence-electron chi connectivity index (χ3n) is 2.38. The quantitative estimate of drug-likeness (QED) is 0.766. The monoisotopic (exact) mass is 339 g/mol. The summed E-state index contributed by atoms with van der Waals surface area (Å²) in [5, 5.41) is 8.78. The number of hydrogen-bond acceptors (Lipinski definition) is 5. The zero-order valence-electron chi connectivity index (χ0n) is 11.2. The fraction of sp³-hybridized carbons (Fsp3) is 0.364. The zero-order valence-corrected chi connectivity index (χ0v) is 12.8. The molecule has 0 aliphatic heterocycles. The second-order valence-corrected chi connectivity index (χ2v) is 8.43. The highest BCUT2D eigenvalue weighted by Crippen LogP contribution is 2.17. The number of sulfonamides is 1. The van der Waals surface area contributed by atoms with Gasteiger partial charge in [-0.15, -0.1) is 0 Å². The second kappa shape index (κ2) is 6.08. The molecule has 1 atom stereocenters. The first kappa shape index (κ1) is 17.5. The van der Waals surface area contributed by atoms with Crippen LogP contribution in [0.4, 0.5) is 4.39 Å². The first-order chi connectivity index (χ1) is 9.42. The van der Waals surface area contributed by atoms with Gasteiger partial charge in [0.1, 0.15) is 20.5 Å². The molecule has 0 saturated heterocycles. The standard InChI is InChI=1S/C11H14FNO6S2/c1-7(6-20(2,16)17)13-21(18,19)10-5-8(11(14)15)3-4-9(10)12/h3-5,7,13H,6H2,1-2H3,(H,14,15). The molecular formula is C11H14FNO6S2. The Morgan fingerprint density at radius 1 is 1.33 bits per heavy atom. The molecule has 21 heavy (non-hydrogen) atoms. The average Bonchev–Trinajstić information content (AvgIpc) is 2.24. The average molecular weight is 339 g/mol. The van der Waals surface area contributed by atoms with Gasteiger partial charge in [-0.2, -0.15) is 0 Å². The molecule has 118 valence electrons. The molecular weight excluding hydrogens is 325 g/mol. The number of hydrogen-bond donors (Lipinski definition) is 2. The largest absolute Gasteiger partial charge is 0.478 e. The normalized spacial score (nSPS) is 13.9. The van der Waals surface area contributed by atoms with E-state index >= 15 is 0 Å². The summed E-state index contributed by atoms with van der Waals surface area (Å²) in [4.78, 5) is 9.94. The van der Waals surface area contributed by atoms with Crippen LogP contribution in [0.5, 0.6) is 0 Å². The number of halogens is 1. The fourth-order valence-corrected chi connectivity index (χ4v) is 4.10. The lowest BCUT2D eigenvalue weighted by Gasteiger charge is -2.14. The smallest absolute Gasteiger partial charge is 0.335 e. The number of benzene rings is 1. The number of carboxylic acids is 1. The number of aromatic carboxylic acids is 1. The molecule has 0 radical (unpaired) electrons. The van der Waals surface area contributed by atoms with E-state index in [9.17, 15) is 26.0 Å². The van der Waals surface area contributed by atoms with Crippen molar-refractivity contribution in [2.75, 3.05) is 12.0 Å². The van der Waals surface area contributed by atoms with Crippen molar-refractivity contribution in [2.24, 2.45) is 0 Å². The summed E-state index contributed by atoms with van der Waals surface area (Å²) in [5.41, 5.74) is -0.396. The third-order valence-corrected chi connectivity index (χ3v) is 5.09. The molecule has 0 aromatic heterocycles. The number of carbonyl (C=O) groups is 1. The molecule has 0 bridgehead atoms. The minimum atomic E-state index is -4.37. The minimum absolute atomic E-state index is 0.396. The molecule has 0 heterocycles. The van der Waals surface area contributed by atoms with E-state index in [2.05, 4.69) is 0 Å². The maximum absolute atomic E-state index is 13.6. The summed E-state index contributed by atoms with van der Waals surface area (Å²) in [6, 6.07) is 1.33. The van der Waals surface area contributed by atoms with Crippen molar-refractivity contribution in [3.63, 3.8) is 0 Å². The molecule has 0 fully saturated rings. The van der Waals surface area contributed by atoms with Crippen LogP contribution < -0.4 is 4.72 Å². The fourth-order valence-electron chi connectivity index (χ4n) is 1.66.